The Hall–Kier alpha value is -2.19. The van der Waals surface area contributed by atoms with Gasteiger partial charge >= 0.3 is 19.8 Å². The lowest BCUT2D eigenvalue weighted by Crippen LogP contribution is -2.64. The van der Waals surface area contributed by atoms with Crippen LogP contribution in [0.2, 0.25) is 0 Å². The molecule has 0 bridgehead atoms. The van der Waals surface area contributed by atoms with Crippen molar-refractivity contribution in [1.29, 1.82) is 0 Å². The summed E-state index contributed by atoms with van der Waals surface area (Å²) in [4.78, 5) is 35.7. The average Bonchev–Trinajstić information content (AvgIpc) is 3.25. The van der Waals surface area contributed by atoms with Gasteiger partial charge in [-0.15, -0.1) is 0 Å². The summed E-state index contributed by atoms with van der Waals surface area (Å²) in [5, 5.41) is 50.2. The minimum absolute atomic E-state index is 0.0910. The average molecular weight is 901 g/mol. The quantitative estimate of drug-likeness (QED) is 0.0147. The summed E-state index contributed by atoms with van der Waals surface area (Å²) in [6, 6.07) is 0. The largest absolute Gasteiger partial charge is 0.472 e. The van der Waals surface area contributed by atoms with Gasteiger partial charge in [0, 0.05) is 12.8 Å². The molecule has 0 radical (unpaired) electrons. The molecule has 8 atom stereocenters. The molecule has 0 saturated heterocycles. The number of ether oxygens (including phenoxy) is 2. The van der Waals surface area contributed by atoms with E-state index in [1.54, 1.807) is 0 Å². The van der Waals surface area contributed by atoms with E-state index in [1.807, 2.05) is 0 Å². The molecular formula is C48H85O13P. The van der Waals surface area contributed by atoms with Crippen LogP contribution in [0.3, 0.4) is 0 Å². The summed E-state index contributed by atoms with van der Waals surface area (Å²) in [6.45, 7) is 3.25. The second-order valence-electron chi connectivity index (χ2n) is 16.6. The molecule has 0 aliphatic heterocycles. The van der Waals surface area contributed by atoms with Gasteiger partial charge in [-0.3, -0.25) is 18.6 Å². The molecule has 6 unspecified atom stereocenters. The number of aliphatic hydroxyl groups excluding tert-OH is 5. The maximum atomic E-state index is 12.8. The Labute approximate surface area is 373 Å². The van der Waals surface area contributed by atoms with Crippen molar-refractivity contribution >= 4 is 19.8 Å². The molecule has 62 heavy (non-hydrogen) atoms. The van der Waals surface area contributed by atoms with Crippen LogP contribution in [0, 0.1) is 0 Å². The molecule has 1 fully saturated rings. The lowest BCUT2D eigenvalue weighted by molar-refractivity contribution is -0.220. The van der Waals surface area contributed by atoms with Crippen molar-refractivity contribution in [3.05, 3.63) is 48.6 Å². The zero-order valence-corrected chi connectivity index (χ0v) is 39.0. The highest BCUT2D eigenvalue weighted by Gasteiger charge is 2.51. The molecule has 1 aliphatic carbocycles. The van der Waals surface area contributed by atoms with Gasteiger partial charge in [-0.1, -0.05) is 165 Å². The van der Waals surface area contributed by atoms with Gasteiger partial charge in [0.1, 0.15) is 43.2 Å². The Kier molecular flexibility index (Phi) is 35.5. The predicted molar refractivity (Wildman–Crippen MR) is 244 cm³/mol. The first-order valence-electron chi connectivity index (χ1n) is 23.9. The van der Waals surface area contributed by atoms with E-state index in [1.165, 1.54) is 77.0 Å². The molecule has 0 aromatic carbocycles. The number of unbranched alkanes of at least 4 members (excludes halogenated alkanes) is 19. The molecule has 13 nitrogen and oxygen atoms in total. The van der Waals surface area contributed by atoms with Crippen LogP contribution in [0.5, 0.6) is 0 Å². The van der Waals surface area contributed by atoms with E-state index in [4.69, 9.17) is 18.5 Å². The molecule has 0 aromatic rings. The Balaban J connectivity index is 2.46. The number of phosphoric acid groups is 1. The highest BCUT2D eigenvalue weighted by atomic mass is 31.2. The topological polar surface area (TPSA) is 210 Å². The van der Waals surface area contributed by atoms with Crippen molar-refractivity contribution < 1.29 is 63.1 Å². The molecule has 1 rings (SSSR count). The first-order chi connectivity index (χ1) is 29.9. The van der Waals surface area contributed by atoms with Crippen LogP contribution in [-0.4, -0.2) is 98.3 Å². The van der Waals surface area contributed by atoms with Gasteiger partial charge in [-0.25, -0.2) is 4.57 Å². The molecule has 1 aliphatic rings. The zero-order chi connectivity index (χ0) is 45.7. The van der Waals surface area contributed by atoms with Gasteiger partial charge in [-0.2, -0.15) is 0 Å². The standard InChI is InChI=1S/C48H85O13P/c1-3-5-7-9-11-13-15-17-19-20-21-22-23-25-26-28-30-32-34-36-41(49)58-38-40(39-59-62(56,57)61-48-46(54)44(52)43(51)45(53)47(48)55)60-42(50)37-35-33-31-29-27-24-18-16-14-12-10-8-6-4-2/h11,13,17,19,21-22,25-26,40,43-48,51-55H,3-10,12,14-16,18,20,23-24,27-39H2,1-2H3,(H,56,57)/b13-11+,19-17+,22-21+,26-25+/t40-,43?,44-,45?,46?,47?,48?/m0/s1. The van der Waals surface area contributed by atoms with E-state index in [9.17, 15) is 44.6 Å². The Morgan fingerprint density at radius 3 is 1.35 bits per heavy atom. The maximum Gasteiger partial charge on any atom is 0.472 e. The first kappa shape index (κ1) is 57.8. The summed E-state index contributed by atoms with van der Waals surface area (Å²) in [6.07, 6.45) is 31.6. The second-order valence-corrected chi connectivity index (χ2v) is 18.0. The molecule has 14 heteroatoms. The number of phosphoric ester groups is 1. The summed E-state index contributed by atoms with van der Waals surface area (Å²) >= 11 is 0. The fraction of sp³-hybridized carbons (Fsp3) is 0.792. The van der Waals surface area contributed by atoms with E-state index in [2.05, 4.69) is 62.5 Å². The van der Waals surface area contributed by atoms with E-state index < -0.39 is 75.7 Å². The van der Waals surface area contributed by atoms with Crippen molar-refractivity contribution in [3.8, 4) is 0 Å². The van der Waals surface area contributed by atoms with Gasteiger partial charge in [0.25, 0.3) is 0 Å². The number of hydrogen-bond donors (Lipinski definition) is 6. The van der Waals surface area contributed by atoms with E-state index >= 15 is 0 Å². The lowest BCUT2D eigenvalue weighted by Gasteiger charge is -2.41. The third kappa shape index (κ3) is 30.0. The Morgan fingerprint density at radius 2 is 0.871 bits per heavy atom. The van der Waals surface area contributed by atoms with Crippen LogP contribution >= 0.6 is 7.82 Å². The SMILES string of the molecule is CCCCC/C=C/C/C=C/C/C=C/C/C=C/CCCCCC(=O)OC[C@@H](COP(=O)(O)OC1C(O)C(O)C(O)[C@H](O)C1O)OC(=O)CCCCCCCCCCCCCCCC. The minimum Gasteiger partial charge on any atom is -0.462 e. The highest BCUT2D eigenvalue weighted by molar-refractivity contribution is 7.47. The predicted octanol–water partition coefficient (Wildman–Crippen LogP) is 9.56. The first-order valence-corrected chi connectivity index (χ1v) is 25.4. The van der Waals surface area contributed by atoms with Crippen molar-refractivity contribution in [1.82, 2.24) is 0 Å². The minimum atomic E-state index is -5.13. The second kappa shape index (κ2) is 38.1. The number of esters is 2. The van der Waals surface area contributed by atoms with Crippen LogP contribution in [0.25, 0.3) is 0 Å². The molecule has 6 N–H and O–H groups in total. The third-order valence-corrected chi connectivity index (χ3v) is 11.9. The van der Waals surface area contributed by atoms with Crippen molar-refractivity contribution in [2.45, 2.75) is 230 Å². The van der Waals surface area contributed by atoms with Gasteiger partial charge in [0.2, 0.25) is 0 Å². The van der Waals surface area contributed by atoms with Crippen LogP contribution in [-0.2, 0) is 32.7 Å². The fourth-order valence-corrected chi connectivity index (χ4v) is 8.01. The van der Waals surface area contributed by atoms with Crippen LogP contribution < -0.4 is 0 Å². The van der Waals surface area contributed by atoms with Crippen molar-refractivity contribution in [2.24, 2.45) is 0 Å². The van der Waals surface area contributed by atoms with E-state index in [-0.39, 0.29) is 12.8 Å². The molecule has 0 aromatic heterocycles. The molecule has 0 amide bonds. The normalized spacial score (nSPS) is 22.3. The van der Waals surface area contributed by atoms with Crippen LogP contribution in [0.15, 0.2) is 48.6 Å². The molecule has 360 valence electrons. The number of carbonyl (C=O) groups is 2. The lowest BCUT2D eigenvalue weighted by atomic mass is 9.85. The van der Waals surface area contributed by atoms with Crippen LogP contribution in [0.4, 0.5) is 0 Å². The third-order valence-electron chi connectivity index (χ3n) is 10.9. The number of rotatable bonds is 39. The number of hydrogen-bond acceptors (Lipinski definition) is 12. The van der Waals surface area contributed by atoms with Crippen molar-refractivity contribution in [3.63, 3.8) is 0 Å². The molecule has 0 heterocycles. The molecule has 1 saturated carbocycles. The monoisotopic (exact) mass is 901 g/mol. The maximum absolute atomic E-state index is 12.8. The van der Waals surface area contributed by atoms with E-state index in [0.717, 1.165) is 70.6 Å². The van der Waals surface area contributed by atoms with Gasteiger partial charge < -0.3 is 39.9 Å². The Bertz CT molecular complexity index is 1270. The fourth-order valence-electron chi connectivity index (χ4n) is 7.04. The van der Waals surface area contributed by atoms with Gasteiger partial charge in [0.05, 0.1) is 6.61 Å². The highest BCUT2D eigenvalue weighted by Crippen LogP contribution is 2.47. The smallest absolute Gasteiger partial charge is 0.462 e. The van der Waals surface area contributed by atoms with Crippen molar-refractivity contribution in [2.75, 3.05) is 13.2 Å². The van der Waals surface area contributed by atoms with Gasteiger partial charge in [-0.05, 0) is 57.8 Å². The summed E-state index contributed by atoms with van der Waals surface area (Å²) < 4.78 is 33.5. The van der Waals surface area contributed by atoms with Crippen LogP contribution in [0.1, 0.15) is 187 Å². The molecular weight excluding hydrogens is 815 g/mol. The molecule has 0 spiro atoms. The summed E-state index contributed by atoms with van der Waals surface area (Å²) in [7, 11) is -5.13. The summed E-state index contributed by atoms with van der Waals surface area (Å²) in [5.41, 5.74) is 0. The number of aliphatic hydroxyl groups is 5. The summed E-state index contributed by atoms with van der Waals surface area (Å²) in [5.74, 6) is -1.13. The van der Waals surface area contributed by atoms with E-state index in [0.29, 0.717) is 12.8 Å². The number of carbonyl (C=O) groups excluding carboxylic acids is 2. The van der Waals surface area contributed by atoms with Gasteiger partial charge in [0.15, 0.2) is 6.10 Å². The zero-order valence-electron chi connectivity index (χ0n) is 38.2. The number of allylic oxidation sites excluding steroid dienone is 8. The Morgan fingerprint density at radius 1 is 0.500 bits per heavy atom.